The summed E-state index contributed by atoms with van der Waals surface area (Å²) in [7, 11) is 0. The molecule has 1 aliphatic carbocycles. The van der Waals surface area contributed by atoms with E-state index in [1.165, 1.54) is 12.8 Å². The predicted octanol–water partition coefficient (Wildman–Crippen LogP) is 3.61. The van der Waals surface area contributed by atoms with Gasteiger partial charge in [0.2, 0.25) is 5.95 Å². The first-order chi connectivity index (χ1) is 10.8. The number of imidazole rings is 1. The van der Waals surface area contributed by atoms with Gasteiger partial charge >= 0.3 is 0 Å². The molecule has 0 spiro atoms. The third kappa shape index (κ3) is 2.52. The Morgan fingerprint density at radius 3 is 2.68 bits per heavy atom. The van der Waals surface area contributed by atoms with E-state index in [0.29, 0.717) is 12.6 Å². The van der Waals surface area contributed by atoms with Gasteiger partial charge in [-0.2, -0.15) is 0 Å². The Balaban J connectivity index is 1.63. The second-order valence-electron chi connectivity index (χ2n) is 5.92. The Morgan fingerprint density at radius 2 is 1.91 bits per heavy atom. The number of nitrogen functional groups attached to an aromatic ring is 1. The maximum atomic E-state index is 6.10. The molecule has 2 aromatic carbocycles. The van der Waals surface area contributed by atoms with Crippen molar-refractivity contribution in [3.63, 3.8) is 0 Å². The number of para-hydroxylation sites is 1. The molecular weight excluding hydrogens is 274 g/mol. The van der Waals surface area contributed by atoms with Gasteiger partial charge in [-0.25, -0.2) is 4.98 Å². The van der Waals surface area contributed by atoms with Gasteiger partial charge < -0.3 is 15.0 Å². The molecule has 1 aliphatic rings. The first-order valence-corrected chi connectivity index (χ1v) is 7.73. The van der Waals surface area contributed by atoms with Crippen LogP contribution in [-0.4, -0.2) is 9.55 Å². The number of ether oxygens (including phenoxy) is 1. The molecule has 2 N–H and O–H groups in total. The van der Waals surface area contributed by atoms with Crippen LogP contribution in [0.25, 0.3) is 11.0 Å². The number of fused-ring (bicyclic) bond motifs is 1. The summed E-state index contributed by atoms with van der Waals surface area (Å²) in [6, 6.07) is 16.2. The lowest BCUT2D eigenvalue weighted by molar-refractivity contribution is 0.309. The third-order valence-corrected chi connectivity index (χ3v) is 4.15. The van der Waals surface area contributed by atoms with Crippen molar-refractivity contribution in [2.24, 2.45) is 5.92 Å². The molecule has 22 heavy (non-hydrogen) atoms. The van der Waals surface area contributed by atoms with Crippen LogP contribution in [0.2, 0.25) is 0 Å². The van der Waals surface area contributed by atoms with Gasteiger partial charge in [0, 0.05) is 6.54 Å². The summed E-state index contributed by atoms with van der Waals surface area (Å²) < 4.78 is 8.08. The summed E-state index contributed by atoms with van der Waals surface area (Å²) in [5, 5.41) is 0. The lowest BCUT2D eigenvalue weighted by Gasteiger charge is -2.08. The number of benzene rings is 2. The van der Waals surface area contributed by atoms with E-state index in [4.69, 9.17) is 10.5 Å². The number of hydrogen-bond donors (Lipinski definition) is 1. The Morgan fingerprint density at radius 1 is 1.09 bits per heavy atom. The highest BCUT2D eigenvalue weighted by Crippen LogP contribution is 2.34. The van der Waals surface area contributed by atoms with Crippen LogP contribution in [-0.2, 0) is 13.2 Å². The Labute approximate surface area is 129 Å². The van der Waals surface area contributed by atoms with Crippen molar-refractivity contribution in [3.8, 4) is 5.75 Å². The fourth-order valence-corrected chi connectivity index (χ4v) is 2.74. The van der Waals surface area contributed by atoms with Gasteiger partial charge in [0.05, 0.1) is 5.52 Å². The average Bonchev–Trinajstić information content (AvgIpc) is 3.31. The van der Waals surface area contributed by atoms with Crippen molar-refractivity contribution in [1.29, 1.82) is 0 Å². The monoisotopic (exact) mass is 293 g/mol. The first kappa shape index (κ1) is 13.2. The van der Waals surface area contributed by atoms with Crippen molar-refractivity contribution in [2.75, 3.05) is 5.73 Å². The fourth-order valence-electron chi connectivity index (χ4n) is 2.74. The van der Waals surface area contributed by atoms with Crippen LogP contribution in [0.3, 0.4) is 0 Å². The second-order valence-corrected chi connectivity index (χ2v) is 5.92. The van der Waals surface area contributed by atoms with E-state index >= 15 is 0 Å². The number of rotatable bonds is 5. The predicted molar refractivity (Wildman–Crippen MR) is 87.6 cm³/mol. The highest BCUT2D eigenvalue weighted by molar-refractivity contribution is 5.84. The molecule has 112 valence electrons. The Bertz CT molecular complexity index is 791. The summed E-state index contributed by atoms with van der Waals surface area (Å²) in [5.41, 5.74) is 9.17. The van der Waals surface area contributed by atoms with Crippen LogP contribution in [0.15, 0.2) is 48.5 Å². The molecule has 4 rings (SSSR count). The van der Waals surface area contributed by atoms with Crippen LogP contribution in [0, 0.1) is 5.92 Å². The smallest absolute Gasteiger partial charge is 0.201 e. The van der Waals surface area contributed by atoms with Gasteiger partial charge in [-0.1, -0.05) is 36.4 Å². The average molecular weight is 293 g/mol. The van der Waals surface area contributed by atoms with Crippen LogP contribution in [0.4, 0.5) is 5.95 Å². The zero-order valence-electron chi connectivity index (χ0n) is 12.4. The third-order valence-electron chi connectivity index (χ3n) is 4.15. The summed E-state index contributed by atoms with van der Waals surface area (Å²) in [4.78, 5) is 4.52. The minimum Gasteiger partial charge on any atom is -0.487 e. The molecule has 1 saturated carbocycles. The molecule has 0 amide bonds. The van der Waals surface area contributed by atoms with Gasteiger partial charge in [-0.15, -0.1) is 0 Å². The minimum absolute atomic E-state index is 0.537. The van der Waals surface area contributed by atoms with Gasteiger partial charge in [-0.05, 0) is 36.5 Å². The largest absolute Gasteiger partial charge is 0.487 e. The molecule has 0 radical (unpaired) electrons. The van der Waals surface area contributed by atoms with Gasteiger partial charge in [-0.3, -0.25) is 0 Å². The normalized spacial score (nSPS) is 14.4. The van der Waals surface area contributed by atoms with Crippen LogP contribution < -0.4 is 10.5 Å². The van der Waals surface area contributed by atoms with Crippen molar-refractivity contribution in [1.82, 2.24) is 9.55 Å². The van der Waals surface area contributed by atoms with E-state index in [9.17, 15) is 0 Å². The fraction of sp³-hybridized carbons (Fsp3) is 0.278. The van der Waals surface area contributed by atoms with Crippen molar-refractivity contribution < 1.29 is 4.74 Å². The summed E-state index contributed by atoms with van der Waals surface area (Å²) in [5.74, 6) is 2.13. The molecule has 1 fully saturated rings. The summed E-state index contributed by atoms with van der Waals surface area (Å²) in [6.07, 6.45) is 2.59. The van der Waals surface area contributed by atoms with Crippen LogP contribution >= 0.6 is 0 Å². The van der Waals surface area contributed by atoms with E-state index in [1.54, 1.807) is 0 Å². The Hall–Kier alpha value is -2.49. The van der Waals surface area contributed by atoms with E-state index in [2.05, 4.69) is 27.8 Å². The molecule has 4 heteroatoms. The molecular formula is C18H19N3O. The second kappa shape index (κ2) is 5.37. The first-order valence-electron chi connectivity index (χ1n) is 7.73. The van der Waals surface area contributed by atoms with E-state index < -0.39 is 0 Å². The number of anilines is 1. The molecule has 1 heterocycles. The van der Waals surface area contributed by atoms with E-state index in [1.807, 2.05) is 30.3 Å². The van der Waals surface area contributed by atoms with Crippen molar-refractivity contribution in [2.45, 2.75) is 26.0 Å². The minimum atomic E-state index is 0.537. The molecule has 0 saturated heterocycles. The van der Waals surface area contributed by atoms with Crippen LogP contribution in [0.1, 0.15) is 18.4 Å². The molecule has 1 aromatic heterocycles. The molecule has 0 bridgehead atoms. The maximum absolute atomic E-state index is 6.10. The Kier molecular flexibility index (Phi) is 3.22. The number of nitrogens with two attached hydrogens (primary N) is 1. The molecule has 4 nitrogen and oxygen atoms in total. The van der Waals surface area contributed by atoms with E-state index in [0.717, 1.165) is 34.8 Å². The van der Waals surface area contributed by atoms with Crippen LogP contribution in [0.5, 0.6) is 5.75 Å². The maximum Gasteiger partial charge on any atom is 0.201 e. The van der Waals surface area contributed by atoms with E-state index in [-0.39, 0.29) is 0 Å². The number of hydrogen-bond acceptors (Lipinski definition) is 3. The topological polar surface area (TPSA) is 53.1 Å². The SMILES string of the molecule is Nc1nc2c(OCc3ccccc3)cccc2n1CC1CC1. The zero-order chi connectivity index (χ0) is 14.9. The molecule has 3 aromatic rings. The quantitative estimate of drug-likeness (QED) is 0.782. The van der Waals surface area contributed by atoms with Crippen molar-refractivity contribution >= 4 is 17.0 Å². The number of aromatic nitrogens is 2. The van der Waals surface area contributed by atoms with Gasteiger partial charge in [0.15, 0.2) is 0 Å². The molecule has 0 atom stereocenters. The van der Waals surface area contributed by atoms with Crippen molar-refractivity contribution in [3.05, 3.63) is 54.1 Å². The highest BCUT2D eigenvalue weighted by Gasteiger charge is 2.24. The van der Waals surface area contributed by atoms with Gasteiger partial charge in [0.25, 0.3) is 0 Å². The highest BCUT2D eigenvalue weighted by atomic mass is 16.5. The standard InChI is InChI=1S/C18H19N3O/c19-18-20-17-15(21(18)11-13-9-10-13)7-4-8-16(17)22-12-14-5-2-1-3-6-14/h1-8,13H,9-12H2,(H2,19,20). The molecule has 0 aliphatic heterocycles. The van der Waals surface area contributed by atoms with Gasteiger partial charge in [0.1, 0.15) is 17.9 Å². The lowest BCUT2D eigenvalue weighted by atomic mass is 10.2. The summed E-state index contributed by atoms with van der Waals surface area (Å²) >= 11 is 0. The molecule has 0 unspecified atom stereocenters. The lowest BCUT2D eigenvalue weighted by Crippen LogP contribution is -2.04. The summed E-state index contributed by atoms with van der Waals surface area (Å²) in [6.45, 7) is 1.50. The number of nitrogens with zero attached hydrogens (tertiary/aromatic N) is 2. The zero-order valence-corrected chi connectivity index (χ0v) is 12.4.